The lowest BCUT2D eigenvalue weighted by Crippen LogP contribution is -2.37. The lowest BCUT2D eigenvalue weighted by atomic mass is 9.95. The molecule has 1 amide bonds. The summed E-state index contributed by atoms with van der Waals surface area (Å²) in [6.45, 7) is 0. The molecule has 1 aromatic carbocycles. The maximum Gasteiger partial charge on any atom is 0.230 e. The van der Waals surface area contributed by atoms with E-state index in [1.165, 1.54) is 43.9 Å². The van der Waals surface area contributed by atoms with Crippen molar-refractivity contribution in [1.82, 2.24) is 20.1 Å². The lowest BCUT2D eigenvalue weighted by molar-refractivity contribution is -0.119. The average molecular weight is 415 g/mol. The molecule has 7 heteroatoms. The Morgan fingerprint density at radius 2 is 1.76 bits per heavy atom. The highest BCUT2D eigenvalue weighted by atomic mass is 32.2. The van der Waals surface area contributed by atoms with Crippen molar-refractivity contribution < 1.29 is 9.53 Å². The van der Waals surface area contributed by atoms with Crippen LogP contribution in [-0.2, 0) is 11.8 Å². The van der Waals surface area contributed by atoms with E-state index >= 15 is 0 Å². The average Bonchev–Trinajstić information content (AvgIpc) is 3.38. The van der Waals surface area contributed by atoms with E-state index < -0.39 is 0 Å². The van der Waals surface area contributed by atoms with Crippen LogP contribution in [0.15, 0.2) is 29.4 Å². The Labute approximate surface area is 176 Å². The number of benzene rings is 1. The molecule has 0 spiro atoms. The fourth-order valence-electron chi connectivity index (χ4n) is 4.22. The van der Waals surface area contributed by atoms with E-state index in [2.05, 4.69) is 15.5 Å². The quantitative estimate of drug-likeness (QED) is 0.683. The first-order valence-corrected chi connectivity index (χ1v) is 11.8. The van der Waals surface area contributed by atoms with E-state index in [4.69, 9.17) is 4.74 Å². The van der Waals surface area contributed by atoms with Crippen molar-refractivity contribution in [2.24, 2.45) is 7.05 Å². The van der Waals surface area contributed by atoms with Gasteiger partial charge in [-0.1, -0.05) is 31.0 Å². The first kappa shape index (κ1) is 20.3. The van der Waals surface area contributed by atoms with E-state index in [0.29, 0.717) is 17.9 Å². The van der Waals surface area contributed by atoms with E-state index in [-0.39, 0.29) is 5.91 Å². The maximum absolute atomic E-state index is 12.2. The number of nitrogens with zero attached hydrogens (tertiary/aromatic N) is 3. The summed E-state index contributed by atoms with van der Waals surface area (Å²) >= 11 is 1.44. The second-order valence-corrected chi connectivity index (χ2v) is 9.05. The Balaban J connectivity index is 1.32. The number of rotatable bonds is 7. The molecule has 0 aliphatic heterocycles. The van der Waals surface area contributed by atoms with Crippen LogP contribution in [0.25, 0.3) is 11.4 Å². The highest BCUT2D eigenvalue weighted by Crippen LogP contribution is 2.27. The highest BCUT2D eigenvalue weighted by Gasteiger charge is 2.18. The number of amides is 1. The third-order valence-corrected chi connectivity index (χ3v) is 6.88. The van der Waals surface area contributed by atoms with Crippen molar-refractivity contribution >= 4 is 17.7 Å². The van der Waals surface area contributed by atoms with Gasteiger partial charge in [0.2, 0.25) is 5.91 Å². The molecular formula is C22H30N4O2S. The van der Waals surface area contributed by atoms with Crippen LogP contribution in [0, 0.1) is 0 Å². The van der Waals surface area contributed by atoms with Gasteiger partial charge in [-0.15, -0.1) is 10.2 Å². The first-order valence-electron chi connectivity index (χ1n) is 10.8. The molecule has 4 rings (SSSR count). The summed E-state index contributed by atoms with van der Waals surface area (Å²) in [6.07, 6.45) is 11.1. The Bertz CT molecular complexity index is 809. The molecule has 2 aromatic rings. The summed E-state index contributed by atoms with van der Waals surface area (Å²) in [6, 6.07) is 8.41. The normalized spacial score (nSPS) is 18.1. The predicted molar refractivity (Wildman–Crippen MR) is 115 cm³/mol. The smallest absolute Gasteiger partial charge is 0.230 e. The second-order valence-electron chi connectivity index (χ2n) is 8.11. The molecule has 0 unspecified atom stereocenters. The fraction of sp³-hybridized carbons (Fsp3) is 0.591. The van der Waals surface area contributed by atoms with Crippen LogP contribution in [0.3, 0.4) is 0 Å². The summed E-state index contributed by atoms with van der Waals surface area (Å²) < 4.78 is 7.99. The van der Waals surface area contributed by atoms with Crippen molar-refractivity contribution in [3.63, 3.8) is 0 Å². The van der Waals surface area contributed by atoms with Gasteiger partial charge in [0.1, 0.15) is 5.75 Å². The van der Waals surface area contributed by atoms with Gasteiger partial charge in [-0.2, -0.15) is 0 Å². The molecular weight excluding hydrogens is 384 g/mol. The zero-order chi connectivity index (χ0) is 20.1. The zero-order valence-electron chi connectivity index (χ0n) is 17.1. The van der Waals surface area contributed by atoms with E-state index in [9.17, 15) is 4.79 Å². The Kier molecular flexibility index (Phi) is 6.74. The molecule has 6 nitrogen and oxygen atoms in total. The van der Waals surface area contributed by atoms with Crippen molar-refractivity contribution in [3.8, 4) is 17.1 Å². The van der Waals surface area contributed by atoms with Gasteiger partial charge < -0.3 is 14.6 Å². The number of thioether (sulfide) groups is 1. The minimum atomic E-state index is 0.0832. The van der Waals surface area contributed by atoms with Crippen molar-refractivity contribution in [2.45, 2.75) is 75.1 Å². The minimum absolute atomic E-state index is 0.0832. The lowest BCUT2D eigenvalue weighted by Gasteiger charge is -2.22. The Morgan fingerprint density at radius 1 is 1.07 bits per heavy atom. The molecule has 1 heterocycles. The number of hydrogen-bond acceptors (Lipinski definition) is 5. The second kappa shape index (κ2) is 9.65. The molecule has 2 saturated carbocycles. The van der Waals surface area contributed by atoms with Crippen LogP contribution < -0.4 is 10.1 Å². The number of nitrogens with one attached hydrogen (secondary N) is 1. The third kappa shape index (κ3) is 5.32. The molecule has 29 heavy (non-hydrogen) atoms. The third-order valence-electron chi connectivity index (χ3n) is 5.86. The SMILES string of the molecule is Cn1c(SCC(=O)NC2CCCCC2)nnc1-c1ccc(OC2CCCC2)cc1. The van der Waals surface area contributed by atoms with Crippen LogP contribution in [0.2, 0.25) is 0 Å². The zero-order valence-corrected chi connectivity index (χ0v) is 17.9. The first-order chi connectivity index (χ1) is 14.2. The van der Waals surface area contributed by atoms with Crippen LogP contribution in [-0.4, -0.2) is 38.6 Å². The van der Waals surface area contributed by atoms with Crippen LogP contribution >= 0.6 is 11.8 Å². The number of carbonyl (C=O) groups excluding carboxylic acids is 1. The summed E-state index contributed by atoms with van der Waals surface area (Å²) in [5.74, 6) is 2.17. The van der Waals surface area contributed by atoms with Gasteiger partial charge in [0, 0.05) is 18.7 Å². The molecule has 1 aromatic heterocycles. The van der Waals surface area contributed by atoms with Gasteiger partial charge in [0.25, 0.3) is 0 Å². The number of aromatic nitrogens is 3. The molecule has 1 N–H and O–H groups in total. The maximum atomic E-state index is 12.2. The molecule has 2 aliphatic carbocycles. The summed E-state index contributed by atoms with van der Waals surface area (Å²) in [5, 5.41) is 12.5. The van der Waals surface area contributed by atoms with Gasteiger partial charge in [0.05, 0.1) is 11.9 Å². The van der Waals surface area contributed by atoms with E-state index in [0.717, 1.165) is 48.0 Å². The molecule has 2 aliphatic rings. The van der Waals surface area contributed by atoms with Crippen LogP contribution in [0.4, 0.5) is 0 Å². The molecule has 0 saturated heterocycles. The van der Waals surface area contributed by atoms with E-state index in [1.807, 2.05) is 35.9 Å². The highest BCUT2D eigenvalue weighted by molar-refractivity contribution is 7.99. The molecule has 0 atom stereocenters. The fourth-order valence-corrected chi connectivity index (χ4v) is 4.94. The van der Waals surface area contributed by atoms with Gasteiger partial charge in [-0.25, -0.2) is 0 Å². The van der Waals surface area contributed by atoms with Crippen LogP contribution in [0.5, 0.6) is 5.75 Å². The van der Waals surface area contributed by atoms with Gasteiger partial charge in [-0.05, 0) is 62.8 Å². The summed E-state index contributed by atoms with van der Waals surface area (Å²) in [4.78, 5) is 12.2. The standard InChI is InChI=1S/C22H30N4O2S/c1-26-21(16-11-13-19(14-12-16)28-18-9-5-6-10-18)24-25-22(26)29-15-20(27)23-17-7-3-2-4-8-17/h11-14,17-18H,2-10,15H2,1H3,(H,23,27). The largest absolute Gasteiger partial charge is 0.490 e. The minimum Gasteiger partial charge on any atom is -0.490 e. The molecule has 0 bridgehead atoms. The number of hydrogen-bond donors (Lipinski definition) is 1. The van der Waals surface area contributed by atoms with Gasteiger partial charge in [0.15, 0.2) is 11.0 Å². The summed E-state index contributed by atoms with van der Waals surface area (Å²) in [5.41, 5.74) is 0.997. The van der Waals surface area contributed by atoms with Gasteiger partial charge in [-0.3, -0.25) is 4.79 Å². The molecule has 0 radical (unpaired) electrons. The molecule has 2 fully saturated rings. The van der Waals surface area contributed by atoms with Crippen LogP contribution in [0.1, 0.15) is 57.8 Å². The Hall–Kier alpha value is -2.02. The van der Waals surface area contributed by atoms with Crippen molar-refractivity contribution in [3.05, 3.63) is 24.3 Å². The van der Waals surface area contributed by atoms with Crippen molar-refractivity contribution in [2.75, 3.05) is 5.75 Å². The predicted octanol–water partition coefficient (Wildman–Crippen LogP) is 4.34. The number of carbonyl (C=O) groups is 1. The monoisotopic (exact) mass is 414 g/mol. The Morgan fingerprint density at radius 3 is 2.48 bits per heavy atom. The molecule has 156 valence electrons. The number of ether oxygens (including phenoxy) is 1. The van der Waals surface area contributed by atoms with Gasteiger partial charge >= 0.3 is 0 Å². The summed E-state index contributed by atoms with van der Waals surface area (Å²) in [7, 11) is 1.94. The topological polar surface area (TPSA) is 69.0 Å². The van der Waals surface area contributed by atoms with Crippen molar-refractivity contribution in [1.29, 1.82) is 0 Å². The van der Waals surface area contributed by atoms with E-state index in [1.54, 1.807) is 0 Å².